The van der Waals surface area contributed by atoms with Gasteiger partial charge in [0.05, 0.1) is 38.7 Å². The SMILES string of the molecule is CC(C)[C@H](NC(=O)[C@H](C)NC(=O)[C@H](CC(=O)O)NC(=O)[C@@H](NC(=O)[C@H](CO)NC(=O)[C@H](CC(=O)O)NC(=O)[C@H](C)NC(=O)[C@H](CO)NC(=O)CN)[C@@H](C)O)C(=O)O. The molecule has 57 heavy (non-hydrogen) atoms. The lowest BCUT2D eigenvalue weighted by Crippen LogP contribution is -2.62. The second kappa shape index (κ2) is 24.5. The van der Waals surface area contributed by atoms with Crippen molar-refractivity contribution >= 4 is 65.2 Å². The molecule has 0 bridgehead atoms. The third kappa shape index (κ3) is 18.0. The van der Waals surface area contributed by atoms with E-state index < -0.39 is 158 Å². The lowest BCUT2D eigenvalue weighted by Gasteiger charge is -2.27. The number of carboxylic acids is 3. The van der Waals surface area contributed by atoms with E-state index in [0.29, 0.717) is 0 Å². The number of hydrogen-bond donors (Lipinski definition) is 15. The highest BCUT2D eigenvalue weighted by Crippen LogP contribution is 2.05. The van der Waals surface area contributed by atoms with Gasteiger partial charge in [0.25, 0.3) is 0 Å². The third-order valence-corrected chi connectivity index (χ3v) is 7.66. The first-order chi connectivity index (χ1) is 26.4. The number of hydrogen-bond acceptors (Lipinski definition) is 15. The average molecular weight is 822 g/mol. The molecule has 0 aromatic heterocycles. The van der Waals surface area contributed by atoms with Crippen molar-refractivity contribution < 1.29 is 83.4 Å². The Kier molecular flexibility index (Phi) is 21.9. The second-order valence-corrected chi connectivity index (χ2v) is 12.8. The fraction of sp³-hybridized carbons (Fsp3) is 0.645. The topological polar surface area (TPSA) is 431 Å². The molecule has 0 rings (SSSR count). The Morgan fingerprint density at radius 2 is 0.825 bits per heavy atom. The van der Waals surface area contributed by atoms with Gasteiger partial charge in [0.15, 0.2) is 0 Å². The molecular weight excluding hydrogens is 770 g/mol. The molecule has 0 saturated heterocycles. The molecule has 0 aliphatic carbocycles. The molecule has 0 aromatic carbocycles. The molecule has 0 radical (unpaired) electrons. The van der Waals surface area contributed by atoms with Crippen LogP contribution in [0.25, 0.3) is 0 Å². The normalized spacial score (nSPS) is 15.6. The van der Waals surface area contributed by atoms with Crippen LogP contribution in [-0.2, 0) is 52.7 Å². The van der Waals surface area contributed by atoms with Crippen LogP contribution in [0.15, 0.2) is 0 Å². The second-order valence-electron chi connectivity index (χ2n) is 12.8. The van der Waals surface area contributed by atoms with Gasteiger partial charge < -0.3 is 78.9 Å². The number of aliphatic hydroxyl groups is 3. The van der Waals surface area contributed by atoms with Gasteiger partial charge in [-0.05, 0) is 26.7 Å². The molecule has 26 heteroatoms. The zero-order chi connectivity index (χ0) is 44.3. The van der Waals surface area contributed by atoms with Gasteiger partial charge in [-0.3, -0.25) is 47.9 Å². The van der Waals surface area contributed by atoms with Gasteiger partial charge in [-0.2, -0.15) is 0 Å². The van der Waals surface area contributed by atoms with Gasteiger partial charge >= 0.3 is 17.9 Å². The molecule has 8 amide bonds. The smallest absolute Gasteiger partial charge is 0.326 e. The Morgan fingerprint density at radius 3 is 1.21 bits per heavy atom. The first kappa shape index (κ1) is 51.0. The van der Waals surface area contributed by atoms with E-state index in [1.54, 1.807) is 0 Å². The summed E-state index contributed by atoms with van der Waals surface area (Å²) in [7, 11) is 0. The van der Waals surface area contributed by atoms with Gasteiger partial charge in [0.1, 0.15) is 48.3 Å². The maximum atomic E-state index is 13.1. The standard InChI is InChI=1S/C31H51N9O17/c1-11(2)22(31(56)57)39-25(50)13(4)33-26(51)15(6-20(45)46)37-30(55)23(14(5)43)40-29(54)18(10-42)38-27(52)16(7-21(47)48)36-24(49)12(3)34-28(53)17(9-41)35-19(44)8-32/h11-18,22-23,41-43H,6-10,32H2,1-5H3,(H,33,51)(H,34,53)(H,35,44)(H,36,49)(H,37,55)(H,38,52)(H,39,50)(H,40,54)(H,45,46)(H,47,48)(H,56,57)/t12-,13-,14+,15-,16-,17-,18-,22-,23-/m0/s1. The van der Waals surface area contributed by atoms with E-state index in [1.165, 1.54) is 13.8 Å². The van der Waals surface area contributed by atoms with E-state index in [4.69, 9.17) is 5.73 Å². The summed E-state index contributed by atoms with van der Waals surface area (Å²) in [5.74, 6) is -14.6. The van der Waals surface area contributed by atoms with E-state index in [9.17, 15) is 83.4 Å². The number of aliphatic hydroxyl groups excluding tert-OH is 3. The minimum atomic E-state index is -2.01. The van der Waals surface area contributed by atoms with Crippen molar-refractivity contribution in [1.82, 2.24) is 42.5 Å². The number of amides is 8. The van der Waals surface area contributed by atoms with Crippen molar-refractivity contribution in [2.45, 2.75) is 102 Å². The Hall–Kier alpha value is -5.99. The fourth-order valence-electron chi connectivity index (χ4n) is 4.45. The predicted molar refractivity (Wildman–Crippen MR) is 189 cm³/mol. The first-order valence-electron chi connectivity index (χ1n) is 17.1. The quantitative estimate of drug-likeness (QED) is 0.0406. The maximum Gasteiger partial charge on any atom is 0.326 e. The summed E-state index contributed by atoms with van der Waals surface area (Å²) in [5.41, 5.74) is 5.15. The highest BCUT2D eigenvalue weighted by molar-refractivity contribution is 5.99. The van der Waals surface area contributed by atoms with Crippen LogP contribution in [0, 0.1) is 5.92 Å². The number of carboxylic acid groups (broad SMARTS) is 3. The van der Waals surface area contributed by atoms with Crippen molar-refractivity contribution in [1.29, 1.82) is 0 Å². The van der Waals surface area contributed by atoms with Gasteiger partial charge in [-0.1, -0.05) is 13.8 Å². The molecule has 0 heterocycles. The average Bonchev–Trinajstić information content (AvgIpc) is 3.11. The van der Waals surface area contributed by atoms with E-state index in [-0.39, 0.29) is 0 Å². The molecule has 26 nitrogen and oxygen atoms in total. The predicted octanol–water partition coefficient (Wildman–Crippen LogP) is -8.08. The van der Waals surface area contributed by atoms with E-state index >= 15 is 0 Å². The number of aliphatic carboxylic acids is 3. The lowest BCUT2D eigenvalue weighted by molar-refractivity contribution is -0.144. The van der Waals surface area contributed by atoms with Crippen molar-refractivity contribution in [3.8, 4) is 0 Å². The van der Waals surface area contributed by atoms with E-state index in [2.05, 4.69) is 21.3 Å². The summed E-state index contributed by atoms with van der Waals surface area (Å²) >= 11 is 0. The number of carbonyl (C=O) groups is 11. The summed E-state index contributed by atoms with van der Waals surface area (Å²) in [4.78, 5) is 136. The highest BCUT2D eigenvalue weighted by atomic mass is 16.4. The molecule has 0 unspecified atom stereocenters. The molecule has 0 aliphatic heterocycles. The van der Waals surface area contributed by atoms with Gasteiger partial charge in [-0.25, -0.2) is 4.79 Å². The molecule has 0 aromatic rings. The Balaban J connectivity index is 5.89. The number of nitrogens with two attached hydrogens (primary N) is 1. The summed E-state index contributed by atoms with van der Waals surface area (Å²) in [6.07, 6.45) is -3.98. The molecule has 322 valence electrons. The third-order valence-electron chi connectivity index (χ3n) is 7.66. The molecule has 0 aliphatic rings. The van der Waals surface area contributed by atoms with Crippen LogP contribution in [-0.4, -0.2) is 170 Å². The largest absolute Gasteiger partial charge is 0.481 e. The van der Waals surface area contributed by atoms with Crippen LogP contribution in [0.4, 0.5) is 0 Å². The summed E-state index contributed by atoms with van der Waals surface area (Å²) in [6, 6.07) is -13.7. The Morgan fingerprint density at radius 1 is 0.474 bits per heavy atom. The molecule has 0 saturated carbocycles. The number of carbonyl (C=O) groups excluding carboxylic acids is 8. The van der Waals surface area contributed by atoms with Crippen LogP contribution in [0.2, 0.25) is 0 Å². The fourth-order valence-corrected chi connectivity index (χ4v) is 4.45. The van der Waals surface area contributed by atoms with Gasteiger partial charge in [-0.15, -0.1) is 0 Å². The molecule has 0 fully saturated rings. The lowest BCUT2D eigenvalue weighted by atomic mass is 10.0. The van der Waals surface area contributed by atoms with Crippen LogP contribution in [0.5, 0.6) is 0 Å². The maximum absolute atomic E-state index is 13.1. The minimum absolute atomic E-state index is 0.529. The van der Waals surface area contributed by atoms with Crippen molar-refractivity contribution in [3.63, 3.8) is 0 Å². The monoisotopic (exact) mass is 821 g/mol. The molecule has 16 N–H and O–H groups in total. The minimum Gasteiger partial charge on any atom is -0.481 e. The van der Waals surface area contributed by atoms with Gasteiger partial charge in [0.2, 0.25) is 47.3 Å². The number of nitrogens with one attached hydrogen (secondary N) is 8. The van der Waals surface area contributed by atoms with E-state index in [1.807, 2.05) is 21.3 Å². The van der Waals surface area contributed by atoms with Crippen LogP contribution in [0.1, 0.15) is 47.5 Å². The van der Waals surface area contributed by atoms with Gasteiger partial charge in [0, 0.05) is 0 Å². The van der Waals surface area contributed by atoms with Crippen molar-refractivity contribution in [3.05, 3.63) is 0 Å². The Bertz CT molecular complexity index is 1510. The first-order valence-corrected chi connectivity index (χ1v) is 17.1. The highest BCUT2D eigenvalue weighted by Gasteiger charge is 2.36. The zero-order valence-corrected chi connectivity index (χ0v) is 31.6. The van der Waals surface area contributed by atoms with Crippen LogP contribution < -0.4 is 48.3 Å². The molecule has 0 spiro atoms. The van der Waals surface area contributed by atoms with Crippen LogP contribution >= 0.6 is 0 Å². The summed E-state index contributed by atoms with van der Waals surface area (Å²) < 4.78 is 0. The summed E-state index contributed by atoms with van der Waals surface area (Å²) in [5, 5.41) is 73.9. The van der Waals surface area contributed by atoms with Crippen LogP contribution in [0.3, 0.4) is 0 Å². The summed E-state index contributed by atoms with van der Waals surface area (Å²) in [6.45, 7) is 3.59. The zero-order valence-electron chi connectivity index (χ0n) is 31.6. The molecule has 9 atom stereocenters. The molecular formula is C31H51N9O17. The van der Waals surface area contributed by atoms with Crippen molar-refractivity contribution in [2.24, 2.45) is 11.7 Å². The Labute approximate surface area is 324 Å². The van der Waals surface area contributed by atoms with Crippen molar-refractivity contribution in [2.75, 3.05) is 19.8 Å². The number of rotatable bonds is 25. The van der Waals surface area contributed by atoms with E-state index in [0.717, 1.165) is 20.8 Å².